The molecule has 0 spiro atoms. The first-order valence-electron chi connectivity index (χ1n) is 9.76. The summed E-state index contributed by atoms with van der Waals surface area (Å²) in [6, 6.07) is 11.1. The van der Waals surface area contributed by atoms with Crippen molar-refractivity contribution in [3.05, 3.63) is 35.9 Å². The number of carbonyl (C=O) groups is 1. The van der Waals surface area contributed by atoms with Gasteiger partial charge >= 0.3 is 0 Å². The van der Waals surface area contributed by atoms with Crippen molar-refractivity contribution in [2.75, 3.05) is 33.2 Å². The molecule has 3 N–H and O–H groups in total. The highest BCUT2D eigenvalue weighted by Gasteiger charge is 2.29. The number of carbonyl (C=O) groups excluding carboxylic acids is 1. The molecule has 0 unspecified atom stereocenters. The summed E-state index contributed by atoms with van der Waals surface area (Å²) in [4.78, 5) is 18.4. The van der Waals surface area contributed by atoms with E-state index in [9.17, 15) is 4.79 Å². The van der Waals surface area contributed by atoms with Gasteiger partial charge in [-0.05, 0) is 31.2 Å². The van der Waals surface area contributed by atoms with Crippen LogP contribution in [0, 0.1) is 5.92 Å². The monoisotopic (exact) mass is 357 g/mol. The zero-order valence-corrected chi connectivity index (χ0v) is 15.7. The number of amides is 1. The average Bonchev–Trinajstić information content (AvgIpc) is 3.51. The summed E-state index contributed by atoms with van der Waals surface area (Å²) in [7, 11) is 1.79. The van der Waals surface area contributed by atoms with Crippen molar-refractivity contribution in [1.29, 1.82) is 0 Å². The average molecular weight is 358 g/mol. The van der Waals surface area contributed by atoms with Crippen molar-refractivity contribution in [1.82, 2.24) is 20.9 Å². The Hall–Kier alpha value is -2.08. The first kappa shape index (κ1) is 18.7. The fourth-order valence-electron chi connectivity index (χ4n) is 3.32. The third-order valence-corrected chi connectivity index (χ3v) is 5.07. The molecule has 1 saturated carbocycles. The molecule has 0 atom stereocenters. The normalized spacial score (nSPS) is 19.2. The van der Waals surface area contributed by atoms with Crippen LogP contribution in [0.15, 0.2) is 35.3 Å². The van der Waals surface area contributed by atoms with Crippen LogP contribution in [0.25, 0.3) is 0 Å². The molecule has 26 heavy (non-hydrogen) atoms. The Balaban J connectivity index is 1.31. The number of guanidine groups is 1. The standard InChI is InChI=1S/C20H31N5O/c1-21-20(23-12-11-22-19(26)17-7-8-17)24-18-9-13-25(14-10-18)15-16-5-3-2-4-6-16/h2-6,17-18H,7-15H2,1H3,(H,22,26)(H2,21,23,24). The Morgan fingerprint density at radius 2 is 1.77 bits per heavy atom. The van der Waals surface area contributed by atoms with Gasteiger partial charge in [-0.25, -0.2) is 0 Å². The quantitative estimate of drug-likeness (QED) is 0.391. The second-order valence-corrected chi connectivity index (χ2v) is 7.24. The largest absolute Gasteiger partial charge is 0.355 e. The Morgan fingerprint density at radius 1 is 1.08 bits per heavy atom. The van der Waals surface area contributed by atoms with Crippen LogP contribution in [0.5, 0.6) is 0 Å². The fourth-order valence-corrected chi connectivity index (χ4v) is 3.32. The maximum Gasteiger partial charge on any atom is 0.223 e. The third kappa shape index (κ3) is 6.02. The van der Waals surface area contributed by atoms with Crippen molar-refractivity contribution in [3.8, 4) is 0 Å². The van der Waals surface area contributed by atoms with Gasteiger partial charge in [-0.3, -0.25) is 14.7 Å². The van der Waals surface area contributed by atoms with Gasteiger partial charge < -0.3 is 16.0 Å². The summed E-state index contributed by atoms with van der Waals surface area (Å²) in [5.74, 6) is 1.29. The molecule has 3 rings (SSSR count). The lowest BCUT2D eigenvalue weighted by molar-refractivity contribution is -0.122. The molecule has 1 aromatic rings. The number of aliphatic imine (C=N–C) groups is 1. The maximum absolute atomic E-state index is 11.6. The highest BCUT2D eigenvalue weighted by Crippen LogP contribution is 2.28. The smallest absolute Gasteiger partial charge is 0.223 e. The van der Waals surface area contributed by atoms with Crippen molar-refractivity contribution in [3.63, 3.8) is 0 Å². The van der Waals surface area contributed by atoms with Crippen LogP contribution >= 0.6 is 0 Å². The molecule has 6 heteroatoms. The van der Waals surface area contributed by atoms with E-state index in [2.05, 4.69) is 56.2 Å². The van der Waals surface area contributed by atoms with Gasteiger partial charge in [0.15, 0.2) is 5.96 Å². The van der Waals surface area contributed by atoms with Crippen LogP contribution in [0.4, 0.5) is 0 Å². The van der Waals surface area contributed by atoms with Crippen molar-refractivity contribution in [2.24, 2.45) is 10.9 Å². The Kier molecular flexibility index (Phi) is 6.89. The van der Waals surface area contributed by atoms with E-state index in [0.29, 0.717) is 19.1 Å². The molecule has 0 bridgehead atoms. The van der Waals surface area contributed by atoms with E-state index in [1.54, 1.807) is 7.05 Å². The maximum atomic E-state index is 11.6. The van der Waals surface area contributed by atoms with E-state index in [1.165, 1.54) is 5.56 Å². The van der Waals surface area contributed by atoms with Gasteiger partial charge in [0.05, 0.1) is 0 Å². The van der Waals surface area contributed by atoms with Gasteiger partial charge in [0.2, 0.25) is 5.91 Å². The van der Waals surface area contributed by atoms with E-state index < -0.39 is 0 Å². The lowest BCUT2D eigenvalue weighted by Crippen LogP contribution is -2.49. The predicted octanol–water partition coefficient (Wildman–Crippen LogP) is 1.34. The molecule has 142 valence electrons. The van der Waals surface area contributed by atoms with Gasteiger partial charge in [-0.2, -0.15) is 0 Å². The summed E-state index contributed by atoms with van der Waals surface area (Å²) in [6.07, 6.45) is 4.33. The predicted molar refractivity (Wildman–Crippen MR) is 105 cm³/mol. The summed E-state index contributed by atoms with van der Waals surface area (Å²) in [5.41, 5.74) is 1.38. The topological polar surface area (TPSA) is 68.8 Å². The molecule has 2 fully saturated rings. The second kappa shape index (κ2) is 9.57. The zero-order chi connectivity index (χ0) is 18.2. The van der Waals surface area contributed by atoms with E-state index in [-0.39, 0.29) is 11.8 Å². The van der Waals surface area contributed by atoms with Gasteiger partial charge in [0.25, 0.3) is 0 Å². The number of hydrogen-bond donors (Lipinski definition) is 3. The van der Waals surface area contributed by atoms with Crippen LogP contribution in [0.1, 0.15) is 31.2 Å². The fraction of sp³-hybridized carbons (Fsp3) is 0.600. The molecular formula is C20H31N5O. The summed E-state index contributed by atoms with van der Waals surface area (Å²) < 4.78 is 0. The first-order chi connectivity index (χ1) is 12.7. The molecule has 1 aromatic carbocycles. The number of hydrogen-bond acceptors (Lipinski definition) is 3. The minimum atomic E-state index is 0.195. The Bertz CT molecular complexity index is 591. The summed E-state index contributed by atoms with van der Waals surface area (Å²) in [6.45, 7) is 4.57. The van der Waals surface area contributed by atoms with Crippen molar-refractivity contribution < 1.29 is 4.79 Å². The van der Waals surface area contributed by atoms with E-state index in [4.69, 9.17) is 0 Å². The number of nitrogens with zero attached hydrogens (tertiary/aromatic N) is 2. The number of nitrogens with one attached hydrogen (secondary N) is 3. The van der Waals surface area contributed by atoms with Gasteiger partial charge in [0.1, 0.15) is 0 Å². The van der Waals surface area contributed by atoms with Crippen molar-refractivity contribution >= 4 is 11.9 Å². The number of piperidine rings is 1. The molecular weight excluding hydrogens is 326 g/mol. The molecule has 2 aliphatic rings. The lowest BCUT2D eigenvalue weighted by Gasteiger charge is -2.33. The minimum absolute atomic E-state index is 0.195. The van der Waals surface area contributed by atoms with Crippen LogP contribution in [-0.2, 0) is 11.3 Å². The third-order valence-electron chi connectivity index (χ3n) is 5.07. The zero-order valence-electron chi connectivity index (χ0n) is 15.7. The lowest BCUT2D eigenvalue weighted by atomic mass is 10.0. The Labute approximate surface area is 156 Å². The van der Waals surface area contributed by atoms with Gasteiger partial charge in [-0.1, -0.05) is 30.3 Å². The SMILES string of the molecule is CN=C(NCCNC(=O)C1CC1)NC1CCN(Cc2ccccc2)CC1. The molecule has 1 heterocycles. The highest BCUT2D eigenvalue weighted by atomic mass is 16.2. The molecule has 1 amide bonds. The van der Waals surface area contributed by atoms with Crippen LogP contribution in [0.3, 0.4) is 0 Å². The molecule has 0 radical (unpaired) electrons. The van der Waals surface area contributed by atoms with Crippen LogP contribution in [0.2, 0.25) is 0 Å². The molecule has 1 aliphatic carbocycles. The summed E-state index contributed by atoms with van der Waals surface area (Å²) in [5, 5.41) is 9.77. The number of benzene rings is 1. The van der Waals surface area contributed by atoms with Gasteiger partial charge in [-0.15, -0.1) is 0 Å². The van der Waals surface area contributed by atoms with E-state index in [0.717, 1.165) is 51.3 Å². The molecule has 1 aliphatic heterocycles. The molecule has 6 nitrogen and oxygen atoms in total. The van der Waals surface area contributed by atoms with Crippen LogP contribution < -0.4 is 16.0 Å². The van der Waals surface area contributed by atoms with E-state index >= 15 is 0 Å². The second-order valence-electron chi connectivity index (χ2n) is 7.24. The number of likely N-dealkylation sites (tertiary alicyclic amines) is 1. The van der Waals surface area contributed by atoms with Crippen molar-refractivity contribution in [2.45, 2.75) is 38.3 Å². The highest BCUT2D eigenvalue weighted by molar-refractivity contribution is 5.81. The van der Waals surface area contributed by atoms with Gasteiger partial charge in [0, 0.05) is 51.7 Å². The Morgan fingerprint density at radius 3 is 2.42 bits per heavy atom. The first-order valence-corrected chi connectivity index (χ1v) is 9.76. The minimum Gasteiger partial charge on any atom is -0.355 e. The number of rotatable bonds is 7. The summed E-state index contributed by atoms with van der Waals surface area (Å²) >= 11 is 0. The van der Waals surface area contributed by atoms with E-state index in [1.807, 2.05) is 0 Å². The molecule has 1 saturated heterocycles. The molecule has 0 aromatic heterocycles. The van der Waals surface area contributed by atoms with Crippen LogP contribution in [-0.4, -0.2) is 56.0 Å².